The zero-order valence-corrected chi connectivity index (χ0v) is 23.3. The van der Waals surface area contributed by atoms with E-state index in [2.05, 4.69) is 15.3 Å². The van der Waals surface area contributed by atoms with Crippen molar-refractivity contribution < 1.29 is 42.9 Å². The van der Waals surface area contributed by atoms with Gasteiger partial charge in [0.2, 0.25) is 0 Å². The Morgan fingerprint density at radius 1 is 1.14 bits per heavy atom. The van der Waals surface area contributed by atoms with Gasteiger partial charge in [0.1, 0.15) is 22.8 Å². The fourth-order valence-corrected chi connectivity index (χ4v) is 6.61. The third-order valence-electron chi connectivity index (χ3n) is 8.35. The van der Waals surface area contributed by atoms with Gasteiger partial charge in [0.15, 0.2) is 17.4 Å². The predicted molar refractivity (Wildman–Crippen MR) is 146 cm³/mol. The van der Waals surface area contributed by atoms with Crippen molar-refractivity contribution in [3.63, 3.8) is 0 Å². The summed E-state index contributed by atoms with van der Waals surface area (Å²) in [6.45, 7) is -0.625. The highest BCUT2D eigenvalue weighted by Crippen LogP contribution is 2.52. The van der Waals surface area contributed by atoms with Gasteiger partial charge in [-0.15, -0.1) is 0 Å². The molecular formula is C29H30F3N5O6. The number of nitrogens with one attached hydrogen (secondary N) is 1. The van der Waals surface area contributed by atoms with Crippen LogP contribution in [0.2, 0.25) is 0 Å². The largest absolute Gasteiger partial charge is 0.510 e. The molecule has 0 saturated heterocycles. The number of hydrogen-bond acceptors (Lipinski definition) is 10. The number of ketones is 2. The summed E-state index contributed by atoms with van der Waals surface area (Å²) in [7, 11) is 3.26. The molecule has 1 unspecified atom stereocenters. The topological polar surface area (TPSA) is 179 Å². The van der Waals surface area contributed by atoms with Crippen molar-refractivity contribution >= 4 is 23.2 Å². The number of amides is 1. The van der Waals surface area contributed by atoms with Crippen molar-refractivity contribution in [2.24, 2.45) is 23.5 Å². The number of aliphatic hydroxyl groups excluding tert-OH is 2. The molecule has 1 fully saturated rings. The summed E-state index contributed by atoms with van der Waals surface area (Å²) < 4.78 is 38.0. The molecular weight excluding hydrogens is 571 g/mol. The number of aromatic hydroxyl groups is 1. The van der Waals surface area contributed by atoms with E-state index in [1.807, 2.05) is 0 Å². The lowest BCUT2D eigenvalue weighted by Gasteiger charge is -2.46. The first-order chi connectivity index (χ1) is 20.2. The maximum Gasteiger partial charge on any atom is 0.390 e. The minimum atomic E-state index is -4.38. The van der Waals surface area contributed by atoms with Gasteiger partial charge in [-0.25, -0.2) is 9.97 Å². The average molecular weight is 602 g/mol. The summed E-state index contributed by atoms with van der Waals surface area (Å²) in [5.74, 6) is -6.96. The third kappa shape index (κ3) is 5.25. The number of nitrogens with two attached hydrogens (primary N) is 1. The Hall–Kier alpha value is -4.30. The number of phenolic OH excluding ortho intramolecular Hbond substituents is 1. The molecule has 1 aromatic heterocycles. The van der Waals surface area contributed by atoms with Gasteiger partial charge in [0.25, 0.3) is 5.91 Å². The third-order valence-corrected chi connectivity index (χ3v) is 8.35. The van der Waals surface area contributed by atoms with E-state index in [-0.39, 0.29) is 41.9 Å². The van der Waals surface area contributed by atoms with Crippen molar-refractivity contribution in [1.29, 1.82) is 0 Å². The molecule has 0 radical (unpaired) electrons. The Morgan fingerprint density at radius 2 is 1.81 bits per heavy atom. The van der Waals surface area contributed by atoms with Crippen LogP contribution >= 0.6 is 0 Å². The van der Waals surface area contributed by atoms with Crippen molar-refractivity contribution in [1.82, 2.24) is 20.2 Å². The Morgan fingerprint density at radius 3 is 2.42 bits per heavy atom. The van der Waals surface area contributed by atoms with E-state index in [1.54, 1.807) is 25.1 Å². The lowest BCUT2D eigenvalue weighted by molar-refractivity contribution is -0.137. The molecule has 228 valence electrons. The quantitative estimate of drug-likeness (QED) is 0.180. The molecule has 1 saturated carbocycles. The standard InChI is InChI=1S/C29H30F3N5O6/c1-37(2)21-16-9-12-8-14-15(28-35-5-3-6-36-28)10-13(11-34-7-4-29(30,31)32)22(38)18(14)23(39)17(12)24(40)19(16)25(41)20(26(21)42)27(33)43/h3,5-6,10,12,16,19,21,34,38-39,42H,4,7-9,11H2,1-2H3,(H2,33,43)/t12-,16+,19?,21-/m0/s1. The van der Waals surface area contributed by atoms with Crippen LogP contribution in [0, 0.1) is 17.8 Å². The molecule has 43 heavy (non-hydrogen) atoms. The highest BCUT2D eigenvalue weighted by atomic mass is 19.4. The summed E-state index contributed by atoms with van der Waals surface area (Å²) >= 11 is 0. The van der Waals surface area contributed by atoms with Crippen LogP contribution in [0.25, 0.3) is 17.1 Å². The molecule has 5 rings (SSSR count). The highest BCUT2D eigenvalue weighted by Gasteiger charge is 2.56. The average Bonchev–Trinajstić information content (AvgIpc) is 2.91. The van der Waals surface area contributed by atoms with Crippen LogP contribution in [-0.4, -0.2) is 80.5 Å². The highest BCUT2D eigenvalue weighted by molar-refractivity contribution is 6.28. The van der Waals surface area contributed by atoms with E-state index in [0.29, 0.717) is 11.1 Å². The smallest absolute Gasteiger partial charge is 0.390 e. The molecule has 1 aromatic carbocycles. The van der Waals surface area contributed by atoms with Crippen LogP contribution in [0.3, 0.4) is 0 Å². The number of fused-ring (bicyclic) bond motifs is 3. The molecule has 3 aliphatic rings. The van der Waals surface area contributed by atoms with Crippen molar-refractivity contribution in [3.05, 3.63) is 58.1 Å². The number of benzene rings is 1. The van der Waals surface area contributed by atoms with Gasteiger partial charge in [-0.3, -0.25) is 19.3 Å². The SMILES string of the molecule is CN(C)[C@@H]1C(O)=C(C(N)=O)C(=O)C2C(=O)C3=C(O)c4c(O)c(CNCCC(F)(F)F)cc(-c5ncccn5)c4C[C@H]3C[C@H]21. The van der Waals surface area contributed by atoms with E-state index in [9.17, 15) is 42.9 Å². The number of carbonyl (C=O) groups is 3. The van der Waals surface area contributed by atoms with Crippen LogP contribution < -0.4 is 11.1 Å². The number of rotatable bonds is 7. The van der Waals surface area contributed by atoms with E-state index >= 15 is 0 Å². The van der Waals surface area contributed by atoms with Crippen molar-refractivity contribution in [3.8, 4) is 17.1 Å². The molecule has 1 amide bonds. The van der Waals surface area contributed by atoms with E-state index in [4.69, 9.17) is 5.73 Å². The Kier molecular flexibility index (Phi) is 7.77. The molecule has 4 atom stereocenters. The monoisotopic (exact) mass is 601 g/mol. The molecule has 11 nitrogen and oxygen atoms in total. The number of Topliss-reactive ketones (excluding diaryl/α,β-unsaturated/α-hetero) is 2. The van der Waals surface area contributed by atoms with Gasteiger partial charge in [-0.05, 0) is 56.5 Å². The summed E-state index contributed by atoms with van der Waals surface area (Å²) in [4.78, 5) is 49.7. The second kappa shape index (κ2) is 11.1. The lowest BCUT2D eigenvalue weighted by atomic mass is 9.59. The van der Waals surface area contributed by atoms with Crippen LogP contribution in [0.15, 0.2) is 41.4 Å². The molecule has 0 aliphatic heterocycles. The van der Waals surface area contributed by atoms with Crippen LogP contribution in [0.4, 0.5) is 13.2 Å². The van der Waals surface area contributed by atoms with E-state index in [1.165, 1.54) is 18.5 Å². The summed E-state index contributed by atoms with van der Waals surface area (Å²) in [6.07, 6.45) is -2.22. The van der Waals surface area contributed by atoms with Crippen molar-refractivity contribution in [2.75, 3.05) is 20.6 Å². The number of aliphatic hydroxyl groups is 2. The number of allylic oxidation sites excluding steroid dienone is 1. The number of alkyl halides is 3. The minimum Gasteiger partial charge on any atom is -0.510 e. The zero-order chi connectivity index (χ0) is 31.4. The second-order valence-electron chi connectivity index (χ2n) is 11.2. The molecule has 0 bridgehead atoms. The number of nitrogens with zero attached hydrogens (tertiary/aromatic N) is 3. The van der Waals surface area contributed by atoms with Crippen molar-refractivity contribution in [2.45, 2.75) is 38.0 Å². The van der Waals surface area contributed by atoms with Crippen LogP contribution in [0.1, 0.15) is 29.5 Å². The molecule has 2 aromatic rings. The van der Waals surface area contributed by atoms with Gasteiger partial charge in [0, 0.05) is 42.2 Å². The van der Waals surface area contributed by atoms with Gasteiger partial charge in [-0.1, -0.05) is 0 Å². The van der Waals surface area contributed by atoms with Crippen LogP contribution in [-0.2, 0) is 27.3 Å². The number of primary amides is 1. The van der Waals surface area contributed by atoms with Gasteiger partial charge < -0.3 is 26.4 Å². The number of likely N-dealkylation sites (N-methyl/N-ethyl adjacent to an activating group) is 1. The lowest BCUT2D eigenvalue weighted by Crippen LogP contribution is -2.55. The predicted octanol–water partition coefficient (Wildman–Crippen LogP) is 2.35. The van der Waals surface area contributed by atoms with E-state index < -0.39 is 83.3 Å². The fraction of sp³-hybridized carbons (Fsp3) is 0.414. The Labute approximate surface area is 243 Å². The number of halogens is 3. The van der Waals surface area contributed by atoms with Gasteiger partial charge >= 0.3 is 6.18 Å². The number of carbonyl (C=O) groups excluding carboxylic acids is 3. The molecule has 6 N–H and O–H groups in total. The summed E-state index contributed by atoms with van der Waals surface area (Å²) in [5.41, 5.74) is 5.49. The first kappa shape index (κ1) is 30.2. The van der Waals surface area contributed by atoms with Gasteiger partial charge in [-0.2, -0.15) is 13.2 Å². The maximum atomic E-state index is 14.0. The number of phenols is 1. The normalized spacial score (nSPS) is 23.8. The molecule has 3 aliphatic carbocycles. The second-order valence-corrected chi connectivity index (χ2v) is 11.2. The minimum absolute atomic E-state index is 0.100. The molecule has 0 spiro atoms. The Bertz CT molecular complexity index is 1570. The van der Waals surface area contributed by atoms with E-state index in [0.717, 1.165) is 0 Å². The molecule has 14 heteroatoms. The summed E-state index contributed by atoms with van der Waals surface area (Å²) in [5, 5.41) is 36.4. The number of aromatic nitrogens is 2. The maximum absolute atomic E-state index is 14.0. The summed E-state index contributed by atoms with van der Waals surface area (Å²) in [6, 6.07) is 2.25. The first-order valence-corrected chi connectivity index (χ1v) is 13.6. The van der Waals surface area contributed by atoms with Crippen LogP contribution in [0.5, 0.6) is 5.75 Å². The Balaban J connectivity index is 1.63. The first-order valence-electron chi connectivity index (χ1n) is 13.6. The zero-order valence-electron chi connectivity index (χ0n) is 23.3. The number of hydrogen-bond donors (Lipinski definition) is 5. The van der Waals surface area contributed by atoms with Gasteiger partial charge in [0.05, 0.1) is 23.9 Å². The molecule has 1 heterocycles. The fourth-order valence-electron chi connectivity index (χ4n) is 6.61.